The first-order valence-corrected chi connectivity index (χ1v) is 7.70. The van der Waals surface area contributed by atoms with Gasteiger partial charge in [-0.05, 0) is 37.5 Å². The van der Waals surface area contributed by atoms with Gasteiger partial charge in [-0.3, -0.25) is 4.79 Å². The van der Waals surface area contributed by atoms with Crippen molar-refractivity contribution in [1.82, 2.24) is 0 Å². The number of anilines is 1. The minimum absolute atomic E-state index is 0.110. The molecule has 0 atom stereocenters. The van der Waals surface area contributed by atoms with E-state index < -0.39 is 5.54 Å². The number of benzene rings is 1. The highest BCUT2D eigenvalue weighted by Crippen LogP contribution is 2.34. The van der Waals surface area contributed by atoms with Gasteiger partial charge in [-0.1, -0.05) is 35.2 Å². The Morgan fingerprint density at radius 3 is 2.60 bits per heavy atom. The molecule has 0 aliphatic heterocycles. The van der Waals surface area contributed by atoms with Crippen molar-refractivity contribution in [1.29, 1.82) is 0 Å². The molecule has 0 unspecified atom stereocenters. The van der Waals surface area contributed by atoms with E-state index in [-0.39, 0.29) is 5.91 Å². The van der Waals surface area contributed by atoms with E-state index >= 15 is 0 Å². The fourth-order valence-corrected chi connectivity index (χ4v) is 3.23. The summed E-state index contributed by atoms with van der Waals surface area (Å²) < 4.78 is 6.26. The molecule has 1 aromatic rings. The summed E-state index contributed by atoms with van der Waals surface area (Å²) in [6.07, 6.45) is 4.68. The fourth-order valence-electron chi connectivity index (χ4n) is 2.68. The molecule has 1 aliphatic rings. The zero-order valence-corrected chi connectivity index (χ0v) is 13.5. The van der Waals surface area contributed by atoms with E-state index in [1.165, 1.54) is 0 Å². The number of carbonyl (C=O) groups is 1. The summed E-state index contributed by atoms with van der Waals surface area (Å²) in [5.74, 6) is 0.533. The number of nitrogens with two attached hydrogens (primary N) is 1. The Bertz CT molecular complexity index is 511. The van der Waals surface area contributed by atoms with Gasteiger partial charge in [0, 0.05) is 4.47 Å². The number of carbonyl (C=O) groups excluding carboxylic acids is 1. The molecule has 5 heteroatoms. The van der Waals surface area contributed by atoms with Gasteiger partial charge in [0.1, 0.15) is 5.75 Å². The van der Waals surface area contributed by atoms with Crippen LogP contribution in [0, 0.1) is 6.92 Å². The second kappa shape index (κ2) is 6.14. The lowest BCUT2D eigenvalue weighted by molar-refractivity contribution is -0.122. The molecule has 0 spiro atoms. The quantitative estimate of drug-likeness (QED) is 0.886. The summed E-state index contributed by atoms with van der Waals surface area (Å²) in [5.41, 5.74) is 7.17. The zero-order chi connectivity index (χ0) is 14.8. The number of amides is 1. The maximum atomic E-state index is 12.5. The van der Waals surface area contributed by atoms with Crippen molar-refractivity contribution >= 4 is 27.5 Å². The standard InChI is InChI=1S/C15H21BrN2O2/c1-10-8-11(16)9-12(20-2)13(10)18-14(19)15(17)6-4-3-5-7-15/h8-9H,3-7,17H2,1-2H3,(H,18,19). The van der Waals surface area contributed by atoms with Crippen LogP contribution in [-0.4, -0.2) is 18.6 Å². The summed E-state index contributed by atoms with van der Waals surface area (Å²) in [6, 6.07) is 3.79. The molecule has 20 heavy (non-hydrogen) atoms. The van der Waals surface area contributed by atoms with Crippen molar-refractivity contribution in [2.75, 3.05) is 12.4 Å². The normalized spacial score (nSPS) is 17.6. The largest absolute Gasteiger partial charge is 0.495 e. The summed E-state index contributed by atoms with van der Waals surface area (Å²) in [6.45, 7) is 1.94. The van der Waals surface area contributed by atoms with E-state index in [1.54, 1.807) is 7.11 Å². The molecule has 0 bridgehead atoms. The summed E-state index contributed by atoms with van der Waals surface area (Å²) >= 11 is 3.42. The first-order valence-electron chi connectivity index (χ1n) is 6.91. The maximum Gasteiger partial charge on any atom is 0.244 e. The smallest absolute Gasteiger partial charge is 0.244 e. The van der Waals surface area contributed by atoms with Crippen LogP contribution in [0.5, 0.6) is 5.75 Å². The van der Waals surface area contributed by atoms with Crippen molar-refractivity contribution in [3.05, 3.63) is 22.2 Å². The van der Waals surface area contributed by atoms with Gasteiger partial charge < -0.3 is 15.8 Å². The Hall–Kier alpha value is -1.07. The van der Waals surface area contributed by atoms with Crippen LogP contribution in [0.1, 0.15) is 37.7 Å². The predicted octanol–water partition coefficient (Wildman–Crippen LogP) is 3.37. The molecule has 1 fully saturated rings. The van der Waals surface area contributed by atoms with E-state index in [1.807, 2.05) is 19.1 Å². The highest BCUT2D eigenvalue weighted by molar-refractivity contribution is 9.10. The van der Waals surface area contributed by atoms with Crippen molar-refractivity contribution in [2.24, 2.45) is 5.73 Å². The highest BCUT2D eigenvalue weighted by atomic mass is 79.9. The molecule has 0 saturated heterocycles. The van der Waals surface area contributed by atoms with Gasteiger partial charge >= 0.3 is 0 Å². The number of rotatable bonds is 3. The average Bonchev–Trinajstić information content (AvgIpc) is 2.42. The van der Waals surface area contributed by atoms with E-state index in [2.05, 4.69) is 21.2 Å². The van der Waals surface area contributed by atoms with Crippen molar-refractivity contribution in [3.63, 3.8) is 0 Å². The van der Waals surface area contributed by atoms with Crippen molar-refractivity contribution in [3.8, 4) is 5.75 Å². The lowest BCUT2D eigenvalue weighted by Gasteiger charge is -2.32. The molecule has 1 aromatic carbocycles. The van der Waals surface area contributed by atoms with Gasteiger partial charge in [-0.25, -0.2) is 0 Å². The number of methoxy groups -OCH3 is 1. The van der Waals surface area contributed by atoms with Crippen LogP contribution in [0.2, 0.25) is 0 Å². The number of halogens is 1. The van der Waals surface area contributed by atoms with Crippen LogP contribution in [0.15, 0.2) is 16.6 Å². The third kappa shape index (κ3) is 3.15. The van der Waals surface area contributed by atoms with Gasteiger partial charge in [0.2, 0.25) is 5.91 Å². The van der Waals surface area contributed by atoms with Crippen LogP contribution in [0.3, 0.4) is 0 Å². The third-order valence-corrected chi connectivity index (χ3v) is 4.38. The highest BCUT2D eigenvalue weighted by Gasteiger charge is 2.35. The number of hydrogen-bond acceptors (Lipinski definition) is 3. The van der Waals surface area contributed by atoms with Crippen LogP contribution in [0.25, 0.3) is 0 Å². The Morgan fingerprint density at radius 1 is 1.35 bits per heavy atom. The van der Waals surface area contributed by atoms with Crippen LogP contribution in [0.4, 0.5) is 5.69 Å². The Kier molecular flexibility index (Phi) is 4.70. The summed E-state index contributed by atoms with van der Waals surface area (Å²) in [7, 11) is 1.59. The third-order valence-electron chi connectivity index (χ3n) is 3.92. The summed E-state index contributed by atoms with van der Waals surface area (Å²) in [5, 5.41) is 2.96. The van der Waals surface area contributed by atoms with Gasteiger partial charge in [0.25, 0.3) is 0 Å². The molecular formula is C15H21BrN2O2. The first kappa shape index (κ1) is 15.3. The van der Waals surface area contributed by atoms with E-state index in [9.17, 15) is 4.79 Å². The second-order valence-corrected chi connectivity index (χ2v) is 6.39. The molecule has 3 N–H and O–H groups in total. The molecule has 4 nitrogen and oxygen atoms in total. The van der Waals surface area contributed by atoms with Crippen molar-refractivity contribution in [2.45, 2.75) is 44.6 Å². The van der Waals surface area contributed by atoms with Crippen LogP contribution < -0.4 is 15.8 Å². The fraction of sp³-hybridized carbons (Fsp3) is 0.533. The van der Waals surface area contributed by atoms with Gasteiger partial charge in [-0.15, -0.1) is 0 Å². The van der Waals surface area contributed by atoms with E-state index in [4.69, 9.17) is 10.5 Å². The van der Waals surface area contributed by atoms with Crippen LogP contribution in [-0.2, 0) is 4.79 Å². The number of nitrogens with one attached hydrogen (secondary N) is 1. The Labute approximate surface area is 128 Å². The van der Waals surface area contributed by atoms with Crippen LogP contribution >= 0.6 is 15.9 Å². The molecular weight excluding hydrogens is 320 g/mol. The Balaban J connectivity index is 2.23. The average molecular weight is 341 g/mol. The van der Waals surface area contributed by atoms with Gasteiger partial charge in [0.15, 0.2) is 0 Å². The molecule has 0 radical (unpaired) electrons. The SMILES string of the molecule is COc1cc(Br)cc(C)c1NC(=O)C1(N)CCCCC1. The lowest BCUT2D eigenvalue weighted by atomic mass is 9.82. The predicted molar refractivity (Wildman–Crippen MR) is 84.1 cm³/mol. The number of ether oxygens (including phenoxy) is 1. The minimum Gasteiger partial charge on any atom is -0.495 e. The van der Waals surface area contributed by atoms with Gasteiger partial charge in [0.05, 0.1) is 18.3 Å². The van der Waals surface area contributed by atoms with E-state index in [0.29, 0.717) is 11.4 Å². The lowest BCUT2D eigenvalue weighted by Crippen LogP contribution is -2.52. The van der Waals surface area contributed by atoms with Gasteiger partial charge in [-0.2, -0.15) is 0 Å². The molecule has 2 rings (SSSR count). The number of aryl methyl sites for hydroxylation is 1. The molecule has 1 aliphatic carbocycles. The summed E-state index contributed by atoms with van der Waals surface area (Å²) in [4.78, 5) is 12.5. The second-order valence-electron chi connectivity index (χ2n) is 5.47. The molecule has 110 valence electrons. The monoisotopic (exact) mass is 340 g/mol. The molecule has 1 amide bonds. The molecule has 0 aromatic heterocycles. The zero-order valence-electron chi connectivity index (χ0n) is 12.0. The maximum absolute atomic E-state index is 12.5. The molecule has 1 saturated carbocycles. The minimum atomic E-state index is -0.747. The Morgan fingerprint density at radius 2 is 2.00 bits per heavy atom. The first-order chi connectivity index (χ1) is 9.46. The topological polar surface area (TPSA) is 64.3 Å². The van der Waals surface area contributed by atoms with Crippen molar-refractivity contribution < 1.29 is 9.53 Å². The van der Waals surface area contributed by atoms with E-state index in [0.717, 1.165) is 42.1 Å². The molecule has 0 heterocycles. The number of hydrogen-bond donors (Lipinski definition) is 2.